The van der Waals surface area contributed by atoms with Crippen molar-refractivity contribution >= 4 is 11.6 Å². The number of amides is 1. The zero-order chi connectivity index (χ0) is 15.4. The minimum atomic E-state index is 0.0616. The van der Waals surface area contributed by atoms with Gasteiger partial charge in [0.1, 0.15) is 0 Å². The maximum absolute atomic E-state index is 12.2. The van der Waals surface area contributed by atoms with Crippen molar-refractivity contribution in [3.63, 3.8) is 0 Å². The van der Waals surface area contributed by atoms with Crippen molar-refractivity contribution in [2.75, 3.05) is 5.32 Å². The minimum Gasteiger partial charge on any atom is -0.328 e. The van der Waals surface area contributed by atoms with Crippen LogP contribution in [0.1, 0.15) is 30.4 Å². The van der Waals surface area contributed by atoms with Gasteiger partial charge in [0.2, 0.25) is 5.91 Å². The standard InChI is InChI=1S/C18H21N3O/c19-16-4-3-15(12-16)18(22)21-17-5-1-13(2-6-17)11-14-7-9-20-10-8-14/h1-2,5-10,15-16H,3-4,11-12,19H2,(H,21,22). The first kappa shape index (κ1) is 14.7. The lowest BCUT2D eigenvalue weighted by molar-refractivity contribution is -0.119. The average Bonchev–Trinajstić information content (AvgIpc) is 2.97. The van der Waals surface area contributed by atoms with E-state index in [2.05, 4.69) is 22.4 Å². The summed E-state index contributed by atoms with van der Waals surface area (Å²) in [5, 5.41) is 2.99. The fraction of sp³-hybridized carbons (Fsp3) is 0.333. The van der Waals surface area contributed by atoms with Crippen LogP contribution < -0.4 is 11.1 Å². The van der Waals surface area contributed by atoms with Crippen molar-refractivity contribution in [1.29, 1.82) is 0 Å². The highest BCUT2D eigenvalue weighted by atomic mass is 16.1. The maximum Gasteiger partial charge on any atom is 0.227 e. The van der Waals surface area contributed by atoms with Crippen molar-refractivity contribution in [3.05, 3.63) is 59.9 Å². The molecule has 1 amide bonds. The molecule has 1 aliphatic rings. The van der Waals surface area contributed by atoms with Gasteiger partial charge in [0.15, 0.2) is 0 Å². The van der Waals surface area contributed by atoms with E-state index in [4.69, 9.17) is 5.73 Å². The van der Waals surface area contributed by atoms with Crippen LogP contribution in [0.3, 0.4) is 0 Å². The molecule has 1 saturated carbocycles. The third kappa shape index (κ3) is 3.71. The molecule has 2 aromatic rings. The van der Waals surface area contributed by atoms with Crippen molar-refractivity contribution < 1.29 is 4.79 Å². The second kappa shape index (κ2) is 6.71. The highest BCUT2D eigenvalue weighted by molar-refractivity contribution is 5.92. The van der Waals surface area contributed by atoms with Crippen LogP contribution in [0, 0.1) is 5.92 Å². The number of benzene rings is 1. The molecule has 1 aromatic heterocycles. The number of hydrogen-bond acceptors (Lipinski definition) is 3. The summed E-state index contributed by atoms with van der Waals surface area (Å²) in [4.78, 5) is 16.2. The number of hydrogen-bond donors (Lipinski definition) is 2. The quantitative estimate of drug-likeness (QED) is 0.911. The monoisotopic (exact) mass is 295 g/mol. The van der Waals surface area contributed by atoms with Gasteiger partial charge in [-0.2, -0.15) is 0 Å². The highest BCUT2D eigenvalue weighted by Crippen LogP contribution is 2.25. The number of nitrogens with two attached hydrogens (primary N) is 1. The van der Waals surface area contributed by atoms with E-state index in [1.54, 1.807) is 12.4 Å². The third-order valence-corrected chi connectivity index (χ3v) is 4.22. The fourth-order valence-corrected chi connectivity index (χ4v) is 2.94. The Morgan fingerprint density at radius 3 is 2.41 bits per heavy atom. The smallest absolute Gasteiger partial charge is 0.227 e. The summed E-state index contributed by atoms with van der Waals surface area (Å²) >= 11 is 0. The molecule has 0 saturated heterocycles. The minimum absolute atomic E-state index is 0.0616. The van der Waals surface area contributed by atoms with Crippen LogP contribution in [0.25, 0.3) is 0 Å². The number of anilines is 1. The van der Waals surface area contributed by atoms with E-state index in [0.717, 1.165) is 31.4 Å². The van der Waals surface area contributed by atoms with Gasteiger partial charge in [-0.1, -0.05) is 12.1 Å². The van der Waals surface area contributed by atoms with E-state index < -0.39 is 0 Å². The van der Waals surface area contributed by atoms with Gasteiger partial charge in [0, 0.05) is 30.0 Å². The van der Waals surface area contributed by atoms with E-state index in [1.165, 1.54) is 11.1 Å². The molecule has 1 aliphatic carbocycles. The Balaban J connectivity index is 1.58. The number of aromatic nitrogens is 1. The summed E-state index contributed by atoms with van der Waals surface area (Å²) < 4.78 is 0. The molecule has 3 rings (SSSR count). The van der Waals surface area contributed by atoms with Gasteiger partial charge >= 0.3 is 0 Å². The number of carbonyl (C=O) groups excluding carboxylic acids is 1. The second-order valence-electron chi connectivity index (χ2n) is 5.99. The van der Waals surface area contributed by atoms with E-state index in [1.807, 2.05) is 24.3 Å². The van der Waals surface area contributed by atoms with Crippen LogP contribution >= 0.6 is 0 Å². The molecule has 2 unspecified atom stereocenters. The predicted octanol–water partition coefficient (Wildman–Crippen LogP) is 2.74. The summed E-state index contributed by atoms with van der Waals surface area (Å²) in [7, 11) is 0. The Hall–Kier alpha value is -2.20. The molecule has 22 heavy (non-hydrogen) atoms. The molecule has 2 atom stereocenters. The van der Waals surface area contributed by atoms with Gasteiger partial charge in [-0.3, -0.25) is 9.78 Å². The Labute approximate surface area is 130 Å². The summed E-state index contributed by atoms with van der Waals surface area (Å²) in [5.74, 6) is 0.154. The summed E-state index contributed by atoms with van der Waals surface area (Å²) in [5.41, 5.74) is 9.16. The SMILES string of the molecule is NC1CCC(C(=O)Nc2ccc(Cc3ccncc3)cc2)C1. The van der Waals surface area contributed by atoms with Crippen molar-refractivity contribution in [3.8, 4) is 0 Å². The van der Waals surface area contributed by atoms with Crippen LogP contribution in [0.4, 0.5) is 5.69 Å². The zero-order valence-electron chi connectivity index (χ0n) is 12.5. The Morgan fingerprint density at radius 1 is 1.09 bits per heavy atom. The number of nitrogens with zero attached hydrogens (tertiary/aromatic N) is 1. The molecule has 4 nitrogen and oxygen atoms in total. The first-order valence-electron chi connectivity index (χ1n) is 7.75. The zero-order valence-corrected chi connectivity index (χ0v) is 12.5. The fourth-order valence-electron chi connectivity index (χ4n) is 2.94. The van der Waals surface area contributed by atoms with E-state index in [-0.39, 0.29) is 17.9 Å². The van der Waals surface area contributed by atoms with Crippen molar-refractivity contribution in [2.24, 2.45) is 11.7 Å². The van der Waals surface area contributed by atoms with Crippen LogP contribution in [0.5, 0.6) is 0 Å². The topological polar surface area (TPSA) is 68.0 Å². The number of carbonyl (C=O) groups is 1. The molecule has 1 heterocycles. The molecule has 1 fully saturated rings. The maximum atomic E-state index is 12.2. The van der Waals surface area contributed by atoms with Crippen molar-refractivity contribution in [1.82, 2.24) is 4.98 Å². The summed E-state index contributed by atoms with van der Waals surface area (Å²) in [6.45, 7) is 0. The normalized spacial score (nSPS) is 20.8. The van der Waals surface area contributed by atoms with Gasteiger partial charge in [-0.05, 0) is 61.1 Å². The van der Waals surface area contributed by atoms with E-state index in [0.29, 0.717) is 0 Å². The van der Waals surface area contributed by atoms with Crippen LogP contribution in [0.15, 0.2) is 48.8 Å². The molecule has 0 radical (unpaired) electrons. The van der Waals surface area contributed by atoms with Crippen LogP contribution in [-0.4, -0.2) is 16.9 Å². The summed E-state index contributed by atoms with van der Waals surface area (Å²) in [6.07, 6.45) is 7.11. The first-order valence-corrected chi connectivity index (χ1v) is 7.75. The van der Waals surface area contributed by atoms with E-state index in [9.17, 15) is 4.79 Å². The lowest BCUT2D eigenvalue weighted by Gasteiger charge is -2.11. The molecule has 3 N–H and O–H groups in total. The Morgan fingerprint density at radius 2 is 1.77 bits per heavy atom. The molecule has 1 aromatic carbocycles. The first-order chi connectivity index (χ1) is 10.7. The molecule has 0 bridgehead atoms. The molecular formula is C18H21N3O. The van der Waals surface area contributed by atoms with Gasteiger partial charge in [-0.15, -0.1) is 0 Å². The van der Waals surface area contributed by atoms with Crippen molar-refractivity contribution in [2.45, 2.75) is 31.7 Å². The lowest BCUT2D eigenvalue weighted by atomic mass is 10.1. The predicted molar refractivity (Wildman–Crippen MR) is 87.4 cm³/mol. The number of pyridine rings is 1. The molecule has 0 aliphatic heterocycles. The largest absolute Gasteiger partial charge is 0.328 e. The average molecular weight is 295 g/mol. The summed E-state index contributed by atoms with van der Waals surface area (Å²) in [6, 6.07) is 12.2. The van der Waals surface area contributed by atoms with Crippen LogP contribution in [0.2, 0.25) is 0 Å². The molecule has 4 heteroatoms. The third-order valence-electron chi connectivity index (χ3n) is 4.22. The number of rotatable bonds is 4. The van der Waals surface area contributed by atoms with Gasteiger partial charge < -0.3 is 11.1 Å². The Kier molecular flexibility index (Phi) is 4.49. The number of nitrogens with one attached hydrogen (secondary N) is 1. The van der Waals surface area contributed by atoms with Gasteiger partial charge in [-0.25, -0.2) is 0 Å². The Bertz CT molecular complexity index is 625. The van der Waals surface area contributed by atoms with Crippen LogP contribution in [-0.2, 0) is 11.2 Å². The second-order valence-corrected chi connectivity index (χ2v) is 5.99. The molecular weight excluding hydrogens is 274 g/mol. The molecule has 114 valence electrons. The lowest BCUT2D eigenvalue weighted by Crippen LogP contribution is -2.23. The van der Waals surface area contributed by atoms with Gasteiger partial charge in [0.25, 0.3) is 0 Å². The van der Waals surface area contributed by atoms with E-state index >= 15 is 0 Å². The molecule has 0 spiro atoms. The highest BCUT2D eigenvalue weighted by Gasteiger charge is 2.27. The van der Waals surface area contributed by atoms with Gasteiger partial charge in [0.05, 0.1) is 0 Å².